The van der Waals surface area contributed by atoms with E-state index in [1.165, 1.54) is 41.3 Å². The molecule has 0 saturated carbocycles. The summed E-state index contributed by atoms with van der Waals surface area (Å²) in [4.78, 5) is 29.3. The Morgan fingerprint density at radius 2 is 1.56 bits per heavy atom. The Morgan fingerprint density at radius 3 is 2.18 bits per heavy atom. The van der Waals surface area contributed by atoms with Crippen molar-refractivity contribution in [2.45, 2.75) is 37.8 Å². The Hall–Kier alpha value is -4.22. The first-order chi connectivity index (χ1) is 21.6. The maximum atomic E-state index is 14.4. The molecule has 0 saturated heterocycles. The number of rotatable bonds is 14. The summed E-state index contributed by atoms with van der Waals surface area (Å²) >= 11 is 3.47. The molecule has 0 heterocycles. The van der Waals surface area contributed by atoms with Crippen molar-refractivity contribution in [1.29, 1.82) is 0 Å². The van der Waals surface area contributed by atoms with E-state index in [0.29, 0.717) is 18.9 Å². The average Bonchev–Trinajstić information content (AvgIpc) is 3.03. The fraction of sp³-hybridized carbons (Fsp3) is 0.235. The summed E-state index contributed by atoms with van der Waals surface area (Å²) in [5.74, 6) is -1.04. The van der Waals surface area contributed by atoms with E-state index in [0.717, 1.165) is 32.0 Å². The largest absolute Gasteiger partial charge is 0.494 e. The molecular weight excluding hydrogens is 661 g/mol. The summed E-state index contributed by atoms with van der Waals surface area (Å²) in [7, 11) is -4.32. The lowest BCUT2D eigenvalue weighted by Crippen LogP contribution is -2.53. The van der Waals surface area contributed by atoms with E-state index in [1.807, 2.05) is 61.5 Å². The Morgan fingerprint density at radius 1 is 0.889 bits per heavy atom. The van der Waals surface area contributed by atoms with E-state index >= 15 is 0 Å². The summed E-state index contributed by atoms with van der Waals surface area (Å²) < 4.78 is 49.3. The van der Waals surface area contributed by atoms with Crippen molar-refractivity contribution in [3.63, 3.8) is 0 Å². The molecule has 1 N–H and O–H groups in total. The zero-order chi connectivity index (χ0) is 32.4. The molecule has 1 unspecified atom stereocenters. The lowest BCUT2D eigenvalue weighted by atomic mass is 10.0. The highest BCUT2D eigenvalue weighted by atomic mass is 79.9. The van der Waals surface area contributed by atoms with Crippen LogP contribution < -0.4 is 14.4 Å². The summed E-state index contributed by atoms with van der Waals surface area (Å²) in [6, 6.07) is 26.4. The number of anilines is 1. The van der Waals surface area contributed by atoms with Crippen LogP contribution in [-0.4, -0.2) is 50.9 Å². The lowest BCUT2D eigenvalue weighted by Gasteiger charge is -2.34. The molecule has 4 rings (SSSR count). The second-order valence-electron chi connectivity index (χ2n) is 10.1. The van der Waals surface area contributed by atoms with Crippen molar-refractivity contribution < 1.29 is 27.1 Å². The molecule has 0 aliphatic rings. The second-order valence-corrected chi connectivity index (χ2v) is 12.9. The highest BCUT2D eigenvalue weighted by Gasteiger charge is 2.34. The number of carbonyl (C=O) groups is 2. The van der Waals surface area contributed by atoms with Crippen LogP contribution in [0.15, 0.2) is 112 Å². The summed E-state index contributed by atoms with van der Waals surface area (Å²) in [6.45, 7) is 3.76. The fourth-order valence-electron chi connectivity index (χ4n) is 4.82. The third-order valence-corrected chi connectivity index (χ3v) is 9.26. The lowest BCUT2D eigenvalue weighted by molar-refractivity contribution is -0.140. The number of sulfonamides is 1. The second kappa shape index (κ2) is 15.7. The zero-order valence-corrected chi connectivity index (χ0v) is 27.4. The predicted octanol–water partition coefficient (Wildman–Crippen LogP) is 5.96. The Bertz CT molecular complexity index is 1690. The molecule has 0 aliphatic carbocycles. The molecule has 0 radical (unpaired) electrons. The van der Waals surface area contributed by atoms with E-state index in [-0.39, 0.29) is 29.5 Å². The highest BCUT2D eigenvalue weighted by molar-refractivity contribution is 9.10. The van der Waals surface area contributed by atoms with Crippen LogP contribution >= 0.6 is 15.9 Å². The highest BCUT2D eigenvalue weighted by Crippen LogP contribution is 2.27. The Kier molecular flexibility index (Phi) is 11.7. The normalized spacial score (nSPS) is 11.8. The number of ether oxygens (including phenoxy) is 1. The minimum absolute atomic E-state index is 0.0350. The van der Waals surface area contributed by atoms with Crippen LogP contribution in [0.4, 0.5) is 10.1 Å². The maximum Gasteiger partial charge on any atom is 0.264 e. The van der Waals surface area contributed by atoms with Crippen LogP contribution in [0.25, 0.3) is 0 Å². The molecule has 45 heavy (non-hydrogen) atoms. The van der Waals surface area contributed by atoms with Gasteiger partial charge >= 0.3 is 0 Å². The van der Waals surface area contributed by atoms with Crippen molar-refractivity contribution >= 4 is 43.5 Å². The van der Waals surface area contributed by atoms with Gasteiger partial charge in [0.25, 0.3) is 10.0 Å². The van der Waals surface area contributed by atoms with Crippen LogP contribution in [0.2, 0.25) is 0 Å². The molecule has 0 aromatic heterocycles. The molecule has 8 nitrogen and oxygen atoms in total. The third-order valence-electron chi connectivity index (χ3n) is 6.98. The fourth-order valence-corrected chi connectivity index (χ4v) is 6.68. The number of hydrogen-bond donors (Lipinski definition) is 1. The van der Waals surface area contributed by atoms with E-state index in [9.17, 15) is 22.4 Å². The standard InChI is InChI=1S/C34H35BrFN3O5S/c1-3-37-34(41)32(22-25-9-6-5-7-10-25)38(23-26-11-8-12-27(35)21-26)33(40)24-39(29-15-13-28(36)14-16-29)45(42,43)31-19-17-30(18-20-31)44-4-2/h5-21,32H,3-4,22-24H2,1-2H3,(H,37,41). The van der Waals surface area contributed by atoms with E-state index < -0.39 is 34.3 Å². The van der Waals surface area contributed by atoms with E-state index in [2.05, 4.69) is 21.2 Å². The van der Waals surface area contributed by atoms with E-state index in [1.54, 1.807) is 6.92 Å². The maximum absolute atomic E-state index is 14.4. The number of hydrogen-bond acceptors (Lipinski definition) is 5. The minimum atomic E-state index is -4.32. The van der Waals surface area contributed by atoms with Crippen LogP contribution in [0.1, 0.15) is 25.0 Å². The molecule has 0 spiro atoms. The molecule has 2 amide bonds. The monoisotopic (exact) mass is 695 g/mol. The van der Waals surface area contributed by atoms with Crippen molar-refractivity contribution in [3.8, 4) is 5.75 Å². The summed E-state index contributed by atoms with van der Waals surface area (Å²) in [5.41, 5.74) is 1.67. The number of nitrogens with zero attached hydrogens (tertiary/aromatic N) is 2. The van der Waals surface area contributed by atoms with Crippen LogP contribution in [0, 0.1) is 5.82 Å². The molecule has 4 aromatic rings. The molecule has 1 atom stereocenters. The molecule has 4 aromatic carbocycles. The number of carbonyl (C=O) groups excluding carboxylic acids is 2. The van der Waals surface area contributed by atoms with Crippen molar-refractivity contribution in [2.75, 3.05) is 24.0 Å². The molecule has 0 bridgehead atoms. The first kappa shape index (κ1) is 33.7. The smallest absolute Gasteiger partial charge is 0.264 e. The van der Waals surface area contributed by atoms with Gasteiger partial charge < -0.3 is 15.0 Å². The average molecular weight is 697 g/mol. The van der Waals surface area contributed by atoms with E-state index in [4.69, 9.17) is 4.74 Å². The first-order valence-electron chi connectivity index (χ1n) is 14.5. The zero-order valence-electron chi connectivity index (χ0n) is 25.0. The summed E-state index contributed by atoms with van der Waals surface area (Å²) in [6.07, 6.45) is 0.203. The Balaban J connectivity index is 1.78. The Labute approximate surface area is 272 Å². The van der Waals surface area contributed by atoms with Crippen molar-refractivity contribution in [3.05, 3.63) is 125 Å². The van der Waals surface area contributed by atoms with Gasteiger partial charge in [-0.05, 0) is 85.6 Å². The van der Waals surface area contributed by atoms with Gasteiger partial charge in [-0.2, -0.15) is 0 Å². The number of benzene rings is 4. The molecular formula is C34H35BrFN3O5S. The van der Waals surface area contributed by atoms with Gasteiger partial charge in [0.05, 0.1) is 17.2 Å². The van der Waals surface area contributed by atoms with Crippen LogP contribution in [0.3, 0.4) is 0 Å². The van der Waals surface area contributed by atoms with Gasteiger partial charge in [0.2, 0.25) is 11.8 Å². The minimum Gasteiger partial charge on any atom is -0.494 e. The summed E-state index contributed by atoms with van der Waals surface area (Å²) in [5, 5.41) is 2.83. The van der Waals surface area contributed by atoms with Crippen molar-refractivity contribution in [1.82, 2.24) is 10.2 Å². The first-order valence-corrected chi connectivity index (χ1v) is 16.7. The van der Waals surface area contributed by atoms with Gasteiger partial charge in [0.15, 0.2) is 0 Å². The van der Waals surface area contributed by atoms with Gasteiger partial charge in [0.1, 0.15) is 24.2 Å². The molecule has 11 heteroatoms. The van der Waals surface area contributed by atoms with Gasteiger partial charge in [0, 0.05) is 24.0 Å². The van der Waals surface area contributed by atoms with Crippen LogP contribution in [0.5, 0.6) is 5.75 Å². The molecule has 0 fully saturated rings. The van der Waals surface area contributed by atoms with Crippen molar-refractivity contribution in [2.24, 2.45) is 0 Å². The topological polar surface area (TPSA) is 96.0 Å². The third kappa shape index (κ3) is 8.92. The van der Waals surface area contributed by atoms with Gasteiger partial charge in [-0.25, -0.2) is 12.8 Å². The van der Waals surface area contributed by atoms with Gasteiger partial charge in [-0.15, -0.1) is 0 Å². The number of amides is 2. The predicted molar refractivity (Wildman–Crippen MR) is 176 cm³/mol. The molecule has 0 aliphatic heterocycles. The van der Waals surface area contributed by atoms with Gasteiger partial charge in [-0.1, -0.05) is 58.4 Å². The van der Waals surface area contributed by atoms with Crippen LogP contribution in [-0.2, 0) is 32.6 Å². The quantitative estimate of drug-likeness (QED) is 0.176. The number of likely N-dealkylation sites (N-methyl/N-ethyl adjacent to an activating group) is 1. The number of halogens is 2. The van der Waals surface area contributed by atoms with Gasteiger partial charge in [-0.3, -0.25) is 13.9 Å². The SMILES string of the molecule is CCNC(=O)C(Cc1ccccc1)N(Cc1cccc(Br)c1)C(=O)CN(c1ccc(F)cc1)S(=O)(=O)c1ccc(OCC)cc1. The number of nitrogens with one attached hydrogen (secondary N) is 1. The molecule has 236 valence electrons.